The summed E-state index contributed by atoms with van der Waals surface area (Å²) in [5.74, 6) is 3.54. The minimum absolute atomic E-state index is 0.0493. The summed E-state index contributed by atoms with van der Waals surface area (Å²) in [4.78, 5) is 12.7. The molecule has 4 rings (SSSR count). The molecule has 2 aliphatic carbocycles. The number of hydrogen-bond donors (Lipinski definition) is 0. The first-order valence-corrected chi connectivity index (χ1v) is 11.0. The van der Waals surface area contributed by atoms with Crippen molar-refractivity contribution in [1.29, 1.82) is 0 Å². The lowest BCUT2D eigenvalue weighted by Crippen LogP contribution is -2.30. The molecule has 2 fully saturated rings. The Kier molecular flexibility index (Phi) is 4.86. The van der Waals surface area contributed by atoms with Crippen LogP contribution in [0.15, 0.2) is 40.9 Å². The van der Waals surface area contributed by atoms with Gasteiger partial charge in [0.15, 0.2) is 0 Å². The second-order valence-electron chi connectivity index (χ2n) is 9.24. The fourth-order valence-electron chi connectivity index (χ4n) is 5.55. The van der Waals surface area contributed by atoms with Crippen LogP contribution in [0.3, 0.4) is 0 Å². The summed E-state index contributed by atoms with van der Waals surface area (Å²) in [6, 6.07) is 12.5. The highest BCUT2D eigenvalue weighted by Crippen LogP contribution is 2.56. The maximum atomic E-state index is 12.7. The Morgan fingerprint density at radius 1 is 1.15 bits per heavy atom. The van der Waals surface area contributed by atoms with E-state index >= 15 is 0 Å². The molecule has 0 spiro atoms. The van der Waals surface area contributed by atoms with Crippen LogP contribution < -0.4 is 0 Å². The van der Waals surface area contributed by atoms with Crippen molar-refractivity contribution in [2.75, 3.05) is 0 Å². The van der Waals surface area contributed by atoms with E-state index in [-0.39, 0.29) is 5.97 Å². The first-order chi connectivity index (χ1) is 12.8. The van der Waals surface area contributed by atoms with Crippen molar-refractivity contribution in [2.24, 2.45) is 29.6 Å². The van der Waals surface area contributed by atoms with E-state index in [1.807, 2.05) is 26.0 Å². The quantitative estimate of drug-likeness (QED) is 0.506. The van der Waals surface area contributed by atoms with Crippen LogP contribution in [0, 0.1) is 29.6 Å². The molecule has 0 aromatic heterocycles. The maximum absolute atomic E-state index is 12.7. The fourth-order valence-corrected chi connectivity index (χ4v) is 6.06. The third-order valence-corrected chi connectivity index (χ3v) is 8.05. The van der Waals surface area contributed by atoms with Crippen LogP contribution in [-0.4, -0.2) is 5.97 Å². The lowest BCUT2D eigenvalue weighted by molar-refractivity contribution is -0.159. The monoisotopic (exact) mass is 428 g/mol. The van der Waals surface area contributed by atoms with Gasteiger partial charge in [0.2, 0.25) is 0 Å². The summed E-state index contributed by atoms with van der Waals surface area (Å²) in [6.07, 6.45) is 3.08. The molecule has 2 nitrogen and oxygen atoms in total. The highest BCUT2D eigenvalue weighted by molar-refractivity contribution is 9.10. The number of rotatable bonds is 4. The van der Waals surface area contributed by atoms with Crippen molar-refractivity contribution in [1.82, 2.24) is 0 Å². The number of hydrogen-bond acceptors (Lipinski definition) is 2. The van der Waals surface area contributed by atoms with Gasteiger partial charge in [0.05, 0.1) is 0 Å². The fraction of sp³-hybridized carbons (Fsp3) is 0.542. The van der Waals surface area contributed by atoms with Crippen LogP contribution in [-0.2, 0) is 15.1 Å². The molecule has 0 heterocycles. The summed E-state index contributed by atoms with van der Waals surface area (Å²) >= 11 is 3.60. The van der Waals surface area contributed by atoms with Gasteiger partial charge in [0.25, 0.3) is 0 Å². The molecule has 2 aromatic rings. The molecule has 2 bridgehead atoms. The van der Waals surface area contributed by atoms with Crippen molar-refractivity contribution in [2.45, 2.75) is 52.6 Å². The molecule has 5 unspecified atom stereocenters. The molecule has 0 radical (unpaired) electrons. The zero-order chi connectivity index (χ0) is 19.3. The molecule has 2 aromatic carbocycles. The summed E-state index contributed by atoms with van der Waals surface area (Å²) < 4.78 is 7.07. The Bertz CT molecular complexity index is 870. The average Bonchev–Trinajstić information content (AvgIpc) is 3.14. The molecule has 0 amide bonds. The Morgan fingerprint density at radius 2 is 1.93 bits per heavy atom. The van der Waals surface area contributed by atoms with E-state index in [0.717, 1.165) is 33.2 Å². The first kappa shape index (κ1) is 19.0. The zero-order valence-electron chi connectivity index (χ0n) is 16.7. The number of carbonyl (C=O) groups is 1. The lowest BCUT2D eigenvalue weighted by atomic mass is 9.74. The molecular weight excluding hydrogens is 400 g/mol. The highest BCUT2D eigenvalue weighted by atomic mass is 79.9. The van der Waals surface area contributed by atoms with Crippen molar-refractivity contribution in [3.63, 3.8) is 0 Å². The molecule has 0 aliphatic heterocycles. The number of ether oxygens (including phenoxy) is 1. The van der Waals surface area contributed by atoms with E-state index in [1.165, 1.54) is 18.2 Å². The van der Waals surface area contributed by atoms with Crippen LogP contribution in [0.2, 0.25) is 0 Å². The SMILES string of the molecule is CC1C2CC(CC(=O)OC(C)(C)c3ccc4c(Br)cccc4c3)C(C2)C1C. The Morgan fingerprint density at radius 3 is 2.63 bits per heavy atom. The highest BCUT2D eigenvalue weighted by Gasteiger charge is 2.49. The molecule has 0 N–H and O–H groups in total. The average molecular weight is 429 g/mol. The second-order valence-corrected chi connectivity index (χ2v) is 10.1. The van der Waals surface area contributed by atoms with Crippen LogP contribution >= 0.6 is 15.9 Å². The number of benzene rings is 2. The van der Waals surface area contributed by atoms with Gasteiger partial charge in [-0.1, -0.05) is 54.0 Å². The molecule has 5 atom stereocenters. The molecular formula is C24H29BrO2. The van der Waals surface area contributed by atoms with E-state index < -0.39 is 5.60 Å². The standard InChI is InChI=1S/C24H29BrO2/c1-14-15(2)21-12-17(14)10-18(21)13-23(26)27-24(3,4)19-8-9-20-16(11-19)6-5-7-22(20)25/h5-9,11,14-15,17-18,21H,10,12-13H2,1-4H3. The zero-order valence-corrected chi connectivity index (χ0v) is 18.3. The van der Waals surface area contributed by atoms with Crippen LogP contribution in [0.25, 0.3) is 10.8 Å². The second kappa shape index (κ2) is 6.92. The maximum Gasteiger partial charge on any atom is 0.306 e. The number of esters is 1. The van der Waals surface area contributed by atoms with E-state index in [4.69, 9.17) is 4.74 Å². The van der Waals surface area contributed by atoms with Crippen molar-refractivity contribution < 1.29 is 9.53 Å². The Hall–Kier alpha value is -1.35. The van der Waals surface area contributed by atoms with Gasteiger partial charge >= 0.3 is 5.97 Å². The number of carbonyl (C=O) groups excluding carboxylic acids is 1. The Labute approximate surface area is 170 Å². The van der Waals surface area contributed by atoms with Gasteiger partial charge in [-0.15, -0.1) is 0 Å². The van der Waals surface area contributed by atoms with Crippen LogP contribution in [0.4, 0.5) is 0 Å². The van der Waals surface area contributed by atoms with Crippen LogP contribution in [0.5, 0.6) is 0 Å². The van der Waals surface area contributed by atoms with Gasteiger partial charge in [-0.25, -0.2) is 0 Å². The van der Waals surface area contributed by atoms with Gasteiger partial charge in [0, 0.05) is 10.9 Å². The first-order valence-electron chi connectivity index (χ1n) is 10.2. The van der Waals surface area contributed by atoms with E-state index in [1.54, 1.807) is 0 Å². The minimum atomic E-state index is -0.621. The van der Waals surface area contributed by atoms with Gasteiger partial charge in [0.1, 0.15) is 5.60 Å². The van der Waals surface area contributed by atoms with Gasteiger partial charge in [-0.3, -0.25) is 4.79 Å². The Balaban J connectivity index is 1.46. The lowest BCUT2D eigenvalue weighted by Gasteiger charge is -2.32. The van der Waals surface area contributed by atoms with E-state index in [0.29, 0.717) is 18.3 Å². The molecule has 2 saturated carbocycles. The topological polar surface area (TPSA) is 26.3 Å². The largest absolute Gasteiger partial charge is 0.455 e. The van der Waals surface area contributed by atoms with Crippen molar-refractivity contribution in [3.8, 4) is 0 Å². The molecule has 3 heteroatoms. The van der Waals surface area contributed by atoms with E-state index in [2.05, 4.69) is 54.0 Å². The number of fused-ring (bicyclic) bond motifs is 3. The predicted octanol–water partition coefficient (Wildman–Crippen LogP) is 6.70. The minimum Gasteiger partial charge on any atom is -0.455 e. The molecule has 0 saturated heterocycles. The third-order valence-electron chi connectivity index (χ3n) is 7.35. The summed E-state index contributed by atoms with van der Waals surface area (Å²) in [5, 5.41) is 2.33. The summed E-state index contributed by atoms with van der Waals surface area (Å²) in [7, 11) is 0. The smallest absolute Gasteiger partial charge is 0.306 e. The van der Waals surface area contributed by atoms with Crippen LogP contribution in [0.1, 0.15) is 52.5 Å². The summed E-state index contributed by atoms with van der Waals surface area (Å²) in [5.41, 5.74) is 0.417. The van der Waals surface area contributed by atoms with Crippen molar-refractivity contribution in [3.05, 3.63) is 46.4 Å². The van der Waals surface area contributed by atoms with E-state index in [9.17, 15) is 4.79 Å². The summed E-state index contributed by atoms with van der Waals surface area (Å²) in [6.45, 7) is 8.74. The normalized spacial score (nSPS) is 30.0. The van der Waals surface area contributed by atoms with Gasteiger partial charge in [-0.05, 0) is 84.7 Å². The van der Waals surface area contributed by atoms with Gasteiger partial charge < -0.3 is 4.74 Å². The number of halogens is 1. The predicted molar refractivity (Wildman–Crippen MR) is 113 cm³/mol. The molecule has 144 valence electrons. The third kappa shape index (κ3) is 3.44. The molecule has 2 aliphatic rings. The van der Waals surface area contributed by atoms with Crippen molar-refractivity contribution >= 4 is 32.7 Å². The van der Waals surface area contributed by atoms with Gasteiger partial charge in [-0.2, -0.15) is 0 Å². The molecule has 27 heavy (non-hydrogen) atoms.